The Morgan fingerprint density at radius 3 is 2.81 bits per heavy atom. The van der Waals surface area contributed by atoms with E-state index >= 15 is 0 Å². The van der Waals surface area contributed by atoms with Gasteiger partial charge in [-0.1, -0.05) is 0 Å². The van der Waals surface area contributed by atoms with Crippen LogP contribution < -0.4 is 10.2 Å². The Kier molecular flexibility index (Phi) is 4.35. The van der Waals surface area contributed by atoms with Gasteiger partial charge in [0.25, 0.3) is 5.91 Å². The van der Waals surface area contributed by atoms with Gasteiger partial charge in [-0.3, -0.25) is 9.78 Å². The zero-order valence-electron chi connectivity index (χ0n) is 14.2. The van der Waals surface area contributed by atoms with Crippen LogP contribution in [0.3, 0.4) is 0 Å². The lowest BCUT2D eigenvalue weighted by molar-refractivity contribution is 0.0931. The molecule has 1 fully saturated rings. The summed E-state index contributed by atoms with van der Waals surface area (Å²) in [6.45, 7) is 1.66. The second-order valence-corrected chi connectivity index (χ2v) is 6.42. The van der Waals surface area contributed by atoms with Crippen molar-refractivity contribution in [3.05, 3.63) is 54.4 Å². The van der Waals surface area contributed by atoms with Crippen molar-refractivity contribution in [2.75, 3.05) is 18.0 Å². The number of amides is 1. The molecule has 1 aliphatic heterocycles. The molecule has 0 spiro atoms. The van der Waals surface area contributed by atoms with E-state index in [9.17, 15) is 9.90 Å². The molecule has 3 aromatic rings. The molecular weight excluding hydrogens is 330 g/mol. The minimum atomic E-state index is -0.120. The molecule has 2 aromatic heterocycles. The molecule has 26 heavy (non-hydrogen) atoms. The van der Waals surface area contributed by atoms with Crippen LogP contribution in [0.2, 0.25) is 0 Å². The van der Waals surface area contributed by atoms with Gasteiger partial charge in [-0.05, 0) is 43.2 Å². The Balaban J connectivity index is 1.39. The number of pyridine rings is 1. The van der Waals surface area contributed by atoms with E-state index in [1.54, 1.807) is 36.7 Å². The van der Waals surface area contributed by atoms with Crippen LogP contribution in [0.5, 0.6) is 5.75 Å². The van der Waals surface area contributed by atoms with Crippen LogP contribution in [0, 0.1) is 0 Å². The van der Waals surface area contributed by atoms with Crippen molar-refractivity contribution in [3.63, 3.8) is 0 Å². The molecule has 7 heteroatoms. The van der Waals surface area contributed by atoms with Gasteiger partial charge >= 0.3 is 0 Å². The molecule has 2 N–H and O–H groups in total. The number of rotatable bonds is 3. The van der Waals surface area contributed by atoms with Crippen LogP contribution in [-0.4, -0.2) is 45.3 Å². The van der Waals surface area contributed by atoms with E-state index in [2.05, 4.69) is 25.4 Å². The second-order valence-electron chi connectivity index (χ2n) is 6.42. The molecule has 3 heterocycles. The fraction of sp³-hybridized carbons (Fsp3) is 0.263. The summed E-state index contributed by atoms with van der Waals surface area (Å²) in [4.78, 5) is 19.0. The molecule has 1 amide bonds. The topological polar surface area (TPSA) is 91.2 Å². The van der Waals surface area contributed by atoms with E-state index in [0.717, 1.165) is 37.1 Å². The summed E-state index contributed by atoms with van der Waals surface area (Å²) >= 11 is 0. The van der Waals surface area contributed by atoms with Gasteiger partial charge in [0, 0.05) is 43.0 Å². The van der Waals surface area contributed by atoms with Crippen molar-refractivity contribution < 1.29 is 9.90 Å². The summed E-state index contributed by atoms with van der Waals surface area (Å²) in [7, 11) is 0. The molecule has 1 aliphatic rings. The minimum Gasteiger partial charge on any atom is -0.508 e. The van der Waals surface area contributed by atoms with Gasteiger partial charge in [0.05, 0.1) is 11.1 Å². The first-order chi connectivity index (χ1) is 12.7. The van der Waals surface area contributed by atoms with Crippen molar-refractivity contribution in [2.24, 2.45) is 0 Å². The zero-order valence-corrected chi connectivity index (χ0v) is 14.2. The van der Waals surface area contributed by atoms with Crippen molar-refractivity contribution in [2.45, 2.75) is 18.9 Å². The number of carbonyl (C=O) groups excluding carboxylic acids is 1. The number of benzene rings is 1. The van der Waals surface area contributed by atoms with Gasteiger partial charge in [0.2, 0.25) is 0 Å². The van der Waals surface area contributed by atoms with Crippen LogP contribution >= 0.6 is 0 Å². The lowest BCUT2D eigenvalue weighted by Crippen LogP contribution is -2.45. The Hall–Kier alpha value is -3.22. The summed E-state index contributed by atoms with van der Waals surface area (Å²) in [5.41, 5.74) is 1.19. The van der Waals surface area contributed by atoms with E-state index in [4.69, 9.17) is 0 Å². The first-order valence-corrected chi connectivity index (χ1v) is 8.61. The van der Waals surface area contributed by atoms with Crippen LogP contribution in [0.1, 0.15) is 23.2 Å². The van der Waals surface area contributed by atoms with Crippen LogP contribution in [0.25, 0.3) is 10.9 Å². The highest BCUT2D eigenvalue weighted by Gasteiger charge is 2.22. The smallest absolute Gasteiger partial charge is 0.253 e. The van der Waals surface area contributed by atoms with E-state index in [0.29, 0.717) is 11.1 Å². The van der Waals surface area contributed by atoms with Crippen molar-refractivity contribution >= 4 is 22.6 Å². The number of hydrogen-bond donors (Lipinski definition) is 2. The average molecular weight is 349 g/mol. The molecule has 1 aromatic carbocycles. The molecule has 4 rings (SSSR count). The average Bonchev–Trinajstić information content (AvgIpc) is 2.69. The normalized spacial score (nSPS) is 15.2. The fourth-order valence-electron chi connectivity index (χ4n) is 3.22. The number of aromatic nitrogens is 3. The number of aromatic hydroxyl groups is 1. The van der Waals surface area contributed by atoms with Crippen LogP contribution in [-0.2, 0) is 0 Å². The Morgan fingerprint density at radius 1 is 1.19 bits per heavy atom. The Morgan fingerprint density at radius 2 is 2.04 bits per heavy atom. The Labute approximate surface area is 150 Å². The molecular formula is C19H19N5O2. The maximum Gasteiger partial charge on any atom is 0.253 e. The number of fused-ring (bicyclic) bond motifs is 1. The molecule has 0 bridgehead atoms. The van der Waals surface area contributed by atoms with Gasteiger partial charge in [0.15, 0.2) is 5.82 Å². The second kappa shape index (κ2) is 6.95. The molecule has 0 saturated carbocycles. The summed E-state index contributed by atoms with van der Waals surface area (Å²) in [5, 5.41) is 21.5. The number of anilines is 1. The third-order valence-electron chi connectivity index (χ3n) is 4.64. The number of carbonyl (C=O) groups is 1. The molecule has 0 aliphatic carbocycles. The quantitative estimate of drug-likeness (QED) is 0.753. The highest BCUT2D eigenvalue weighted by molar-refractivity contribution is 5.97. The van der Waals surface area contributed by atoms with E-state index < -0.39 is 0 Å². The predicted molar refractivity (Wildman–Crippen MR) is 98.1 cm³/mol. The number of phenolic OH excluding ortho intramolecular Hbond substituents is 1. The van der Waals surface area contributed by atoms with Crippen LogP contribution in [0.15, 0.2) is 48.8 Å². The summed E-state index contributed by atoms with van der Waals surface area (Å²) in [6.07, 6.45) is 4.93. The third-order valence-corrected chi connectivity index (χ3v) is 4.64. The van der Waals surface area contributed by atoms with Gasteiger partial charge in [-0.2, -0.15) is 5.10 Å². The van der Waals surface area contributed by atoms with Crippen LogP contribution in [0.4, 0.5) is 5.82 Å². The molecule has 132 valence electrons. The zero-order chi connectivity index (χ0) is 17.9. The molecule has 0 unspecified atom stereocenters. The highest BCUT2D eigenvalue weighted by atomic mass is 16.3. The number of hydrogen-bond acceptors (Lipinski definition) is 6. The van der Waals surface area contributed by atoms with E-state index in [1.165, 1.54) is 0 Å². The van der Waals surface area contributed by atoms with Gasteiger partial charge in [0.1, 0.15) is 5.75 Å². The Bertz CT molecular complexity index is 924. The van der Waals surface area contributed by atoms with Gasteiger partial charge in [-0.15, -0.1) is 5.10 Å². The third kappa shape index (κ3) is 3.42. The summed E-state index contributed by atoms with van der Waals surface area (Å²) < 4.78 is 0. The standard InChI is InChI=1S/C19H19N5O2/c25-16-4-3-13-10-14(12-20-17(13)11-16)19(26)22-15-5-8-24(9-6-15)18-2-1-7-21-23-18/h1-4,7,10-12,15,25H,5-6,8-9H2,(H,22,26). The van der Waals surface area contributed by atoms with Gasteiger partial charge in [-0.25, -0.2) is 0 Å². The first kappa shape index (κ1) is 16.3. The first-order valence-electron chi connectivity index (χ1n) is 8.61. The summed E-state index contributed by atoms with van der Waals surface area (Å²) in [5.74, 6) is 0.918. The maximum atomic E-state index is 12.5. The SMILES string of the molecule is O=C(NC1CCN(c2cccnn2)CC1)c1cnc2cc(O)ccc2c1. The van der Waals surface area contributed by atoms with E-state index in [-0.39, 0.29) is 17.7 Å². The van der Waals surface area contributed by atoms with Crippen molar-refractivity contribution in [1.82, 2.24) is 20.5 Å². The lowest BCUT2D eigenvalue weighted by Gasteiger charge is -2.32. The number of nitrogens with zero attached hydrogens (tertiary/aromatic N) is 4. The molecule has 0 atom stereocenters. The monoisotopic (exact) mass is 349 g/mol. The predicted octanol–water partition coefficient (Wildman–Crippen LogP) is 2.13. The molecule has 7 nitrogen and oxygen atoms in total. The molecule has 0 radical (unpaired) electrons. The minimum absolute atomic E-state index is 0.120. The number of nitrogens with one attached hydrogen (secondary N) is 1. The van der Waals surface area contributed by atoms with Crippen molar-refractivity contribution in [1.29, 1.82) is 0 Å². The maximum absolute atomic E-state index is 12.5. The lowest BCUT2D eigenvalue weighted by atomic mass is 10.0. The highest BCUT2D eigenvalue weighted by Crippen LogP contribution is 2.20. The number of phenols is 1. The largest absolute Gasteiger partial charge is 0.508 e. The number of piperidine rings is 1. The molecule has 1 saturated heterocycles. The fourth-order valence-corrected chi connectivity index (χ4v) is 3.22. The van der Waals surface area contributed by atoms with Crippen molar-refractivity contribution in [3.8, 4) is 5.75 Å². The van der Waals surface area contributed by atoms with E-state index in [1.807, 2.05) is 12.1 Å². The summed E-state index contributed by atoms with van der Waals surface area (Å²) in [6, 6.07) is 10.7. The van der Waals surface area contributed by atoms with Gasteiger partial charge < -0.3 is 15.3 Å².